The molecule has 1 aliphatic heterocycles. The fraction of sp³-hybridized carbons (Fsp3) is 0.393. The highest BCUT2D eigenvalue weighted by molar-refractivity contribution is 6.06. The zero-order valence-electron chi connectivity index (χ0n) is 20.4. The number of carboxylic acids is 1. The monoisotopic (exact) mass is 505 g/mol. The van der Waals surface area contributed by atoms with E-state index in [1.807, 2.05) is 6.07 Å². The maximum atomic E-state index is 13.8. The second-order valence-electron chi connectivity index (χ2n) is 9.88. The molecule has 0 amide bonds. The van der Waals surface area contributed by atoms with Crippen LogP contribution >= 0.6 is 0 Å². The van der Waals surface area contributed by atoms with Crippen LogP contribution in [0.5, 0.6) is 5.88 Å². The number of rotatable bonds is 7. The first-order chi connectivity index (χ1) is 18.0. The molecule has 0 spiro atoms. The number of hydrogen-bond acceptors (Lipinski definition) is 6. The van der Waals surface area contributed by atoms with Crippen LogP contribution in [-0.2, 0) is 14.3 Å². The van der Waals surface area contributed by atoms with Gasteiger partial charge in [0.25, 0.3) is 0 Å². The Kier molecular flexibility index (Phi) is 6.26. The second-order valence-corrected chi connectivity index (χ2v) is 9.88. The fourth-order valence-corrected chi connectivity index (χ4v) is 5.24. The molecule has 9 heteroatoms. The highest BCUT2D eigenvalue weighted by Crippen LogP contribution is 2.43. The Morgan fingerprint density at radius 1 is 1.14 bits per heavy atom. The number of fused-ring (bicyclic) bond motifs is 2. The van der Waals surface area contributed by atoms with E-state index in [0.717, 1.165) is 51.3 Å². The van der Waals surface area contributed by atoms with Crippen molar-refractivity contribution in [3.05, 3.63) is 54.1 Å². The van der Waals surface area contributed by atoms with Crippen LogP contribution in [0.2, 0.25) is 0 Å². The van der Waals surface area contributed by atoms with Gasteiger partial charge in [0.15, 0.2) is 6.10 Å². The first-order valence-electron chi connectivity index (χ1n) is 12.7. The normalized spacial score (nSPS) is 21.1. The van der Waals surface area contributed by atoms with E-state index in [1.165, 1.54) is 19.1 Å². The van der Waals surface area contributed by atoms with Gasteiger partial charge >= 0.3 is 5.97 Å². The maximum Gasteiger partial charge on any atom is 0.332 e. The molecule has 0 bridgehead atoms. The topological polar surface area (TPSA) is 107 Å². The Morgan fingerprint density at radius 2 is 1.89 bits per heavy atom. The first kappa shape index (κ1) is 23.8. The van der Waals surface area contributed by atoms with Gasteiger partial charge in [-0.15, -0.1) is 0 Å². The summed E-state index contributed by atoms with van der Waals surface area (Å²) in [4.78, 5) is 16.2. The van der Waals surface area contributed by atoms with Crippen molar-refractivity contribution < 1.29 is 28.5 Å². The Balaban J connectivity index is 1.44. The van der Waals surface area contributed by atoms with Crippen LogP contribution in [0.3, 0.4) is 0 Å². The summed E-state index contributed by atoms with van der Waals surface area (Å²) >= 11 is 0. The van der Waals surface area contributed by atoms with Gasteiger partial charge in [-0.1, -0.05) is 12.1 Å². The summed E-state index contributed by atoms with van der Waals surface area (Å²) in [5.74, 6) is -0.550. The molecule has 37 heavy (non-hydrogen) atoms. The minimum absolute atomic E-state index is 0.127. The third-order valence-corrected chi connectivity index (χ3v) is 7.37. The number of aromatic nitrogens is 3. The number of nitrogens with zero attached hydrogens (tertiary/aromatic N) is 2. The number of aliphatic carboxylic acids is 1. The van der Waals surface area contributed by atoms with Crippen molar-refractivity contribution >= 4 is 27.6 Å². The van der Waals surface area contributed by atoms with E-state index in [2.05, 4.69) is 16.3 Å². The lowest BCUT2D eigenvalue weighted by Crippen LogP contribution is -2.42. The number of aromatic amines is 1. The Bertz CT molecular complexity index is 1440. The van der Waals surface area contributed by atoms with E-state index in [1.54, 1.807) is 18.3 Å². The molecule has 6 rings (SSSR count). The number of H-pyrrole nitrogens is 1. The second kappa shape index (κ2) is 9.72. The summed E-state index contributed by atoms with van der Waals surface area (Å²) in [6.45, 7) is 2.86. The van der Waals surface area contributed by atoms with Gasteiger partial charge in [-0.3, -0.25) is 5.10 Å². The van der Waals surface area contributed by atoms with Gasteiger partial charge in [-0.2, -0.15) is 5.10 Å². The van der Waals surface area contributed by atoms with Crippen LogP contribution in [0.15, 0.2) is 42.6 Å². The lowest BCUT2D eigenvalue weighted by molar-refractivity contribution is -0.160. The highest BCUT2D eigenvalue weighted by Gasteiger charge is 2.35. The molecule has 2 fully saturated rings. The van der Waals surface area contributed by atoms with Gasteiger partial charge < -0.3 is 19.3 Å². The number of ether oxygens (including phenoxy) is 3. The van der Waals surface area contributed by atoms with Crippen molar-refractivity contribution in [2.24, 2.45) is 0 Å². The lowest BCUT2D eigenvalue weighted by atomic mass is 9.87. The summed E-state index contributed by atoms with van der Waals surface area (Å²) in [6.07, 6.45) is 3.52. The number of benzene rings is 2. The van der Waals surface area contributed by atoms with Gasteiger partial charge in [0.05, 0.1) is 23.5 Å². The Morgan fingerprint density at radius 3 is 2.62 bits per heavy atom. The summed E-state index contributed by atoms with van der Waals surface area (Å²) in [7, 11) is 0. The average Bonchev–Trinajstić information content (AvgIpc) is 3.34. The summed E-state index contributed by atoms with van der Waals surface area (Å²) in [5.41, 5.74) is 3.66. The van der Waals surface area contributed by atoms with Crippen molar-refractivity contribution in [1.82, 2.24) is 15.2 Å². The average molecular weight is 506 g/mol. The van der Waals surface area contributed by atoms with Crippen LogP contribution in [-0.4, -0.2) is 57.8 Å². The number of hydrogen-bond donors (Lipinski definition) is 2. The molecule has 8 nitrogen and oxygen atoms in total. The highest BCUT2D eigenvalue weighted by atomic mass is 19.1. The van der Waals surface area contributed by atoms with Crippen LogP contribution < -0.4 is 4.74 Å². The van der Waals surface area contributed by atoms with Crippen molar-refractivity contribution in [3.63, 3.8) is 0 Å². The number of pyridine rings is 1. The summed E-state index contributed by atoms with van der Waals surface area (Å²) < 4.78 is 31.5. The van der Waals surface area contributed by atoms with Crippen molar-refractivity contribution in [3.8, 4) is 17.0 Å². The molecule has 4 aromatic rings. The molecule has 1 aliphatic carbocycles. The fourth-order valence-electron chi connectivity index (χ4n) is 5.24. The van der Waals surface area contributed by atoms with E-state index >= 15 is 0 Å². The number of carboxylic acid groups (broad SMARTS) is 1. The first-order valence-corrected chi connectivity index (χ1v) is 12.7. The molecule has 0 radical (unpaired) electrons. The van der Waals surface area contributed by atoms with E-state index in [4.69, 9.17) is 24.3 Å². The van der Waals surface area contributed by atoms with Crippen LogP contribution in [0.1, 0.15) is 44.2 Å². The smallest absolute Gasteiger partial charge is 0.332 e. The number of carbonyl (C=O) groups is 1. The minimum atomic E-state index is -0.974. The summed E-state index contributed by atoms with van der Waals surface area (Å²) in [5, 5.41) is 19.1. The van der Waals surface area contributed by atoms with E-state index in [-0.39, 0.29) is 23.9 Å². The van der Waals surface area contributed by atoms with Crippen LogP contribution in [0, 0.1) is 5.82 Å². The van der Waals surface area contributed by atoms with Crippen molar-refractivity contribution in [2.45, 2.75) is 56.8 Å². The molecule has 2 aromatic carbocycles. The van der Waals surface area contributed by atoms with Gasteiger partial charge in [0.1, 0.15) is 11.9 Å². The quantitative estimate of drug-likeness (QED) is 0.355. The van der Waals surface area contributed by atoms with E-state index in [9.17, 15) is 9.18 Å². The van der Waals surface area contributed by atoms with E-state index in [0.29, 0.717) is 31.9 Å². The molecule has 1 unspecified atom stereocenters. The summed E-state index contributed by atoms with van der Waals surface area (Å²) in [6, 6.07) is 10.6. The molecular formula is C28H28FN3O5. The molecule has 2 aliphatic rings. The molecule has 1 saturated carbocycles. The minimum Gasteiger partial charge on any atom is -0.479 e. The zero-order chi connectivity index (χ0) is 25.5. The van der Waals surface area contributed by atoms with Crippen LogP contribution in [0.4, 0.5) is 4.39 Å². The van der Waals surface area contributed by atoms with Gasteiger partial charge in [0, 0.05) is 48.3 Å². The molecule has 2 N–H and O–H groups in total. The third kappa shape index (κ3) is 4.65. The molecule has 3 heterocycles. The molecule has 1 saturated heterocycles. The predicted octanol–water partition coefficient (Wildman–Crippen LogP) is 5.21. The van der Waals surface area contributed by atoms with Gasteiger partial charge in [-0.05, 0) is 55.0 Å². The van der Waals surface area contributed by atoms with Crippen molar-refractivity contribution in [2.75, 3.05) is 13.2 Å². The van der Waals surface area contributed by atoms with Gasteiger partial charge in [0.2, 0.25) is 5.88 Å². The zero-order valence-corrected chi connectivity index (χ0v) is 20.4. The van der Waals surface area contributed by atoms with Gasteiger partial charge in [-0.25, -0.2) is 14.2 Å². The molecule has 2 aromatic heterocycles. The van der Waals surface area contributed by atoms with E-state index < -0.39 is 12.1 Å². The lowest BCUT2D eigenvalue weighted by Gasteiger charge is -2.36. The Hall–Kier alpha value is -3.56. The van der Waals surface area contributed by atoms with Crippen molar-refractivity contribution in [1.29, 1.82) is 0 Å². The molecular weight excluding hydrogens is 477 g/mol. The Labute approximate surface area is 212 Å². The number of nitrogens with one attached hydrogen (secondary N) is 1. The maximum absolute atomic E-state index is 13.8. The third-order valence-electron chi connectivity index (χ3n) is 7.37. The number of halogens is 1. The molecule has 1 atom stereocenters. The SMILES string of the molecule is CC(O[C@H]1C[C@H](Oc2nc(C3CCOCC3)c(-c3ccc(F)cc3)c3cc4cn[nH]c4cc23)C1)C(=O)O. The predicted molar refractivity (Wildman–Crippen MR) is 135 cm³/mol. The standard InChI is InChI=1S/C28H28FN3O5/c1-15(28(33)34)36-20-11-21(12-20)37-27-23-13-24-18(14-30-32-24)10-22(23)25(16-2-4-19(29)5-3-16)26(31-27)17-6-8-35-9-7-17/h2-5,10,13-15,17,20-21H,6-9,11-12H2,1H3,(H,30,32)(H,33,34)/t15?,20-,21-. The largest absolute Gasteiger partial charge is 0.479 e. The molecule has 192 valence electrons. The van der Waals surface area contributed by atoms with Crippen LogP contribution in [0.25, 0.3) is 32.8 Å².